The summed E-state index contributed by atoms with van der Waals surface area (Å²) < 4.78 is 14.3. The van der Waals surface area contributed by atoms with Crippen LogP contribution in [0.1, 0.15) is 16.8 Å². The van der Waals surface area contributed by atoms with Crippen LogP contribution < -0.4 is 14.4 Å². The molecule has 0 spiro atoms. The zero-order valence-electron chi connectivity index (χ0n) is 19.2. The third-order valence-electron chi connectivity index (χ3n) is 5.50. The Labute approximate surface area is 207 Å². The quantitative estimate of drug-likeness (QED) is 0.255. The molecule has 0 bridgehead atoms. The van der Waals surface area contributed by atoms with Crippen molar-refractivity contribution in [2.24, 2.45) is 0 Å². The van der Waals surface area contributed by atoms with E-state index in [1.54, 1.807) is 36.7 Å². The highest BCUT2D eigenvalue weighted by atomic mass is 32.1. The summed E-state index contributed by atoms with van der Waals surface area (Å²) >= 11 is 1.48. The maximum absolute atomic E-state index is 13.6. The SMILES string of the molecule is COc1cccc2sc(N(CCCn3ccnc3)C(=O)c3ccc(Oc4ccccc4)cc3)nc12. The number of carbonyl (C=O) groups excluding carboxylic acids is 1. The summed E-state index contributed by atoms with van der Waals surface area (Å²) in [5.74, 6) is 2.00. The van der Waals surface area contributed by atoms with Gasteiger partial charge in [-0.25, -0.2) is 9.97 Å². The van der Waals surface area contributed by atoms with Crippen LogP contribution in [-0.4, -0.2) is 34.1 Å². The van der Waals surface area contributed by atoms with Crippen LogP contribution >= 0.6 is 11.3 Å². The summed E-state index contributed by atoms with van der Waals surface area (Å²) in [6.45, 7) is 1.27. The molecule has 2 aromatic heterocycles. The molecule has 0 fully saturated rings. The molecule has 176 valence electrons. The Morgan fingerprint density at radius 1 is 1.00 bits per heavy atom. The van der Waals surface area contributed by atoms with Gasteiger partial charge in [-0.05, 0) is 55.0 Å². The molecule has 1 amide bonds. The lowest BCUT2D eigenvalue weighted by Crippen LogP contribution is -2.32. The second kappa shape index (κ2) is 10.4. The normalized spacial score (nSPS) is 10.9. The van der Waals surface area contributed by atoms with Crippen LogP contribution in [0.2, 0.25) is 0 Å². The van der Waals surface area contributed by atoms with Crippen LogP contribution in [0.3, 0.4) is 0 Å². The fourth-order valence-corrected chi connectivity index (χ4v) is 4.76. The number of rotatable bonds is 9. The first-order valence-electron chi connectivity index (χ1n) is 11.3. The van der Waals surface area contributed by atoms with Crippen LogP contribution in [-0.2, 0) is 6.54 Å². The van der Waals surface area contributed by atoms with E-state index in [0.717, 1.165) is 28.9 Å². The number of anilines is 1. The van der Waals surface area contributed by atoms with Crippen LogP contribution in [0.25, 0.3) is 10.2 Å². The number of para-hydroxylation sites is 2. The number of imidazole rings is 1. The Morgan fingerprint density at radius 3 is 2.54 bits per heavy atom. The van der Waals surface area contributed by atoms with Gasteiger partial charge in [-0.2, -0.15) is 0 Å². The lowest BCUT2D eigenvalue weighted by atomic mass is 10.2. The lowest BCUT2D eigenvalue weighted by molar-refractivity contribution is 0.0986. The molecule has 0 saturated carbocycles. The molecule has 0 N–H and O–H groups in total. The number of methoxy groups -OCH3 is 1. The molecule has 0 atom stereocenters. The first kappa shape index (κ1) is 22.6. The van der Waals surface area contributed by atoms with Crippen molar-refractivity contribution in [2.45, 2.75) is 13.0 Å². The predicted molar refractivity (Wildman–Crippen MR) is 138 cm³/mol. The molecule has 8 heteroatoms. The van der Waals surface area contributed by atoms with E-state index >= 15 is 0 Å². The van der Waals surface area contributed by atoms with Gasteiger partial charge in [0.1, 0.15) is 22.8 Å². The van der Waals surface area contributed by atoms with Gasteiger partial charge in [0.25, 0.3) is 5.91 Å². The van der Waals surface area contributed by atoms with Crippen molar-refractivity contribution in [1.29, 1.82) is 0 Å². The first-order chi connectivity index (χ1) is 17.2. The minimum absolute atomic E-state index is 0.111. The summed E-state index contributed by atoms with van der Waals surface area (Å²) in [5, 5.41) is 0.643. The zero-order valence-corrected chi connectivity index (χ0v) is 20.0. The molecule has 0 unspecified atom stereocenters. The van der Waals surface area contributed by atoms with Gasteiger partial charge in [-0.1, -0.05) is 35.6 Å². The van der Waals surface area contributed by atoms with E-state index in [4.69, 9.17) is 14.5 Å². The number of ether oxygens (including phenoxy) is 2. The van der Waals surface area contributed by atoms with E-state index in [2.05, 4.69) is 4.98 Å². The van der Waals surface area contributed by atoms with Crippen molar-refractivity contribution in [3.8, 4) is 17.2 Å². The summed E-state index contributed by atoms with van der Waals surface area (Å²) in [6.07, 6.45) is 6.20. The van der Waals surface area contributed by atoms with Crippen molar-refractivity contribution in [2.75, 3.05) is 18.6 Å². The molecule has 0 aliphatic heterocycles. The zero-order chi connectivity index (χ0) is 24.0. The van der Waals surface area contributed by atoms with E-state index < -0.39 is 0 Å². The van der Waals surface area contributed by atoms with Gasteiger partial charge in [0.15, 0.2) is 5.13 Å². The standard InChI is InChI=1S/C27H24N4O3S/c1-33-23-9-5-10-24-25(23)29-27(35-24)31(17-6-16-30-18-15-28-19-30)26(32)20-11-13-22(14-12-20)34-21-7-3-2-4-8-21/h2-5,7-15,18-19H,6,16-17H2,1H3. The van der Waals surface area contributed by atoms with E-state index in [1.807, 2.05) is 71.4 Å². The third-order valence-corrected chi connectivity index (χ3v) is 6.55. The molecule has 5 aromatic rings. The smallest absolute Gasteiger partial charge is 0.260 e. The molecule has 2 heterocycles. The third kappa shape index (κ3) is 5.17. The fraction of sp³-hybridized carbons (Fsp3) is 0.148. The summed E-state index contributed by atoms with van der Waals surface area (Å²) in [6, 6.07) is 22.6. The largest absolute Gasteiger partial charge is 0.494 e. The number of hydrogen-bond acceptors (Lipinski definition) is 6. The molecular formula is C27H24N4O3S. The number of aryl methyl sites for hydroxylation is 1. The van der Waals surface area contributed by atoms with Crippen LogP contribution in [0.4, 0.5) is 5.13 Å². The van der Waals surface area contributed by atoms with Gasteiger partial charge in [0.05, 0.1) is 18.1 Å². The number of benzene rings is 3. The highest BCUT2D eigenvalue weighted by Gasteiger charge is 2.22. The highest BCUT2D eigenvalue weighted by Crippen LogP contribution is 2.35. The molecule has 0 aliphatic rings. The number of nitrogens with zero attached hydrogens (tertiary/aromatic N) is 4. The van der Waals surface area contributed by atoms with Gasteiger partial charge in [-0.15, -0.1) is 0 Å². The van der Waals surface area contributed by atoms with Crippen molar-refractivity contribution < 1.29 is 14.3 Å². The Morgan fingerprint density at radius 2 is 1.80 bits per heavy atom. The Bertz CT molecular complexity index is 1400. The lowest BCUT2D eigenvalue weighted by Gasteiger charge is -2.20. The molecule has 35 heavy (non-hydrogen) atoms. The number of fused-ring (bicyclic) bond motifs is 1. The summed E-state index contributed by atoms with van der Waals surface area (Å²) in [4.78, 5) is 24.3. The van der Waals surface area contributed by atoms with E-state index in [1.165, 1.54) is 11.3 Å². The number of aromatic nitrogens is 3. The van der Waals surface area contributed by atoms with Gasteiger partial charge in [-0.3, -0.25) is 9.69 Å². The minimum Gasteiger partial charge on any atom is -0.494 e. The molecule has 0 aliphatic carbocycles. The highest BCUT2D eigenvalue weighted by molar-refractivity contribution is 7.22. The molecule has 3 aromatic carbocycles. The summed E-state index contributed by atoms with van der Waals surface area (Å²) in [7, 11) is 1.63. The number of amides is 1. The summed E-state index contributed by atoms with van der Waals surface area (Å²) in [5.41, 5.74) is 1.33. The van der Waals surface area contributed by atoms with Crippen molar-refractivity contribution in [3.05, 3.63) is 97.1 Å². The van der Waals surface area contributed by atoms with Crippen molar-refractivity contribution in [3.63, 3.8) is 0 Å². The number of hydrogen-bond donors (Lipinski definition) is 0. The number of thiazole rings is 1. The second-order valence-electron chi connectivity index (χ2n) is 7.85. The predicted octanol–water partition coefficient (Wildman–Crippen LogP) is 6.03. The van der Waals surface area contributed by atoms with Crippen molar-refractivity contribution >= 4 is 32.6 Å². The van der Waals surface area contributed by atoms with Gasteiger partial charge in [0, 0.05) is 31.0 Å². The van der Waals surface area contributed by atoms with Crippen LogP contribution in [0.15, 0.2) is 91.5 Å². The number of carbonyl (C=O) groups is 1. The molecular weight excluding hydrogens is 460 g/mol. The second-order valence-corrected chi connectivity index (χ2v) is 8.86. The maximum Gasteiger partial charge on any atom is 0.260 e. The maximum atomic E-state index is 13.6. The molecule has 5 rings (SSSR count). The Kier molecular flexibility index (Phi) is 6.72. The van der Waals surface area contributed by atoms with Crippen molar-refractivity contribution in [1.82, 2.24) is 14.5 Å². The van der Waals surface area contributed by atoms with Crippen LogP contribution in [0, 0.1) is 0 Å². The molecule has 0 radical (unpaired) electrons. The van der Waals surface area contributed by atoms with E-state index in [0.29, 0.717) is 28.7 Å². The Balaban J connectivity index is 1.40. The minimum atomic E-state index is -0.111. The monoisotopic (exact) mass is 484 g/mol. The van der Waals surface area contributed by atoms with Gasteiger partial charge < -0.3 is 14.0 Å². The van der Waals surface area contributed by atoms with E-state index in [-0.39, 0.29) is 5.91 Å². The van der Waals surface area contributed by atoms with Gasteiger partial charge in [0.2, 0.25) is 0 Å². The first-order valence-corrected chi connectivity index (χ1v) is 12.1. The van der Waals surface area contributed by atoms with E-state index in [9.17, 15) is 4.79 Å². The van der Waals surface area contributed by atoms with Gasteiger partial charge >= 0.3 is 0 Å². The molecule has 0 saturated heterocycles. The molecule has 7 nitrogen and oxygen atoms in total. The average Bonchev–Trinajstić information content (AvgIpc) is 3.57. The average molecular weight is 485 g/mol. The Hall–Kier alpha value is -4.17. The van der Waals surface area contributed by atoms with Crippen LogP contribution in [0.5, 0.6) is 17.2 Å². The fourth-order valence-electron chi connectivity index (χ4n) is 3.75. The topological polar surface area (TPSA) is 69.5 Å².